The maximum Gasteiger partial charge on any atom is 0.286 e. The fraction of sp³-hybridized carbons (Fsp3) is 0.357. The number of aromatic nitrogens is 1. The Bertz CT molecular complexity index is 747. The van der Waals surface area contributed by atoms with Gasteiger partial charge in [-0.1, -0.05) is 11.6 Å². The minimum Gasteiger partial charge on any atom is -0.381 e. The van der Waals surface area contributed by atoms with Gasteiger partial charge in [0.2, 0.25) is 5.91 Å². The standard InChI is InChI=1S/C14H15ClN4O3/c15-12-6-9-5-11(17-10(9)1-3-16-12)14(21)19-18-13(20)8-2-4-22-7-8/h1,5-6,8,17H,2-4,7H2,(H,18,20)(H,19,21). The molecule has 3 heterocycles. The van der Waals surface area contributed by atoms with E-state index in [9.17, 15) is 9.59 Å². The van der Waals surface area contributed by atoms with Crippen molar-refractivity contribution in [3.05, 3.63) is 22.3 Å². The number of fused-ring (bicyclic) bond motifs is 1. The molecular weight excluding hydrogens is 308 g/mol. The van der Waals surface area contributed by atoms with Gasteiger partial charge in [0.25, 0.3) is 5.91 Å². The minimum absolute atomic E-state index is 0.211. The maximum atomic E-state index is 12.1. The van der Waals surface area contributed by atoms with Crippen LogP contribution in [0, 0.1) is 5.92 Å². The lowest BCUT2D eigenvalue weighted by Gasteiger charge is -2.09. The van der Waals surface area contributed by atoms with Crippen molar-refractivity contribution in [2.45, 2.75) is 6.42 Å². The molecule has 2 aliphatic rings. The second kappa shape index (κ2) is 6.33. The van der Waals surface area contributed by atoms with Gasteiger partial charge in [-0.15, -0.1) is 0 Å². The van der Waals surface area contributed by atoms with Crippen molar-refractivity contribution in [1.29, 1.82) is 0 Å². The van der Waals surface area contributed by atoms with Crippen molar-refractivity contribution in [3.8, 4) is 0 Å². The van der Waals surface area contributed by atoms with E-state index in [0.29, 0.717) is 37.0 Å². The number of amides is 2. The summed E-state index contributed by atoms with van der Waals surface area (Å²) in [4.78, 5) is 30.9. The van der Waals surface area contributed by atoms with Gasteiger partial charge in [0.05, 0.1) is 19.1 Å². The summed E-state index contributed by atoms with van der Waals surface area (Å²) >= 11 is 5.90. The van der Waals surface area contributed by atoms with Crippen molar-refractivity contribution < 1.29 is 14.3 Å². The van der Waals surface area contributed by atoms with Crippen molar-refractivity contribution in [2.24, 2.45) is 10.9 Å². The molecule has 0 aliphatic carbocycles. The molecule has 1 saturated heterocycles. The molecular formula is C14H15ClN4O3. The number of halogens is 1. The van der Waals surface area contributed by atoms with Crippen LogP contribution in [0.4, 0.5) is 0 Å². The van der Waals surface area contributed by atoms with Gasteiger partial charge < -0.3 is 9.72 Å². The molecule has 8 heteroatoms. The number of aliphatic imine (C=N–C) groups is 1. The monoisotopic (exact) mass is 322 g/mol. The van der Waals surface area contributed by atoms with E-state index in [1.54, 1.807) is 12.1 Å². The van der Waals surface area contributed by atoms with Gasteiger partial charge >= 0.3 is 0 Å². The molecule has 3 rings (SSSR count). The van der Waals surface area contributed by atoms with Gasteiger partial charge in [-0.05, 0) is 24.6 Å². The number of hydrazine groups is 1. The Kier molecular flexibility index (Phi) is 4.26. The van der Waals surface area contributed by atoms with Gasteiger partial charge in [-0.25, -0.2) is 0 Å². The number of hydrogen-bond acceptors (Lipinski definition) is 4. The van der Waals surface area contributed by atoms with Crippen LogP contribution >= 0.6 is 11.6 Å². The first-order valence-corrected chi connectivity index (χ1v) is 7.30. The van der Waals surface area contributed by atoms with Crippen LogP contribution in [0.3, 0.4) is 0 Å². The van der Waals surface area contributed by atoms with Gasteiger partial charge in [-0.2, -0.15) is 0 Å². The topological polar surface area (TPSA) is 95.6 Å². The summed E-state index contributed by atoms with van der Waals surface area (Å²) < 4.78 is 5.13. The van der Waals surface area contributed by atoms with E-state index >= 15 is 0 Å². The normalized spacial score (nSPS) is 20.0. The molecule has 22 heavy (non-hydrogen) atoms. The maximum absolute atomic E-state index is 12.1. The first-order chi connectivity index (χ1) is 10.6. The van der Waals surface area contributed by atoms with Gasteiger partial charge in [-0.3, -0.25) is 25.4 Å². The van der Waals surface area contributed by atoms with E-state index in [1.807, 2.05) is 6.08 Å². The van der Waals surface area contributed by atoms with Crippen LogP contribution in [0.1, 0.15) is 16.9 Å². The average molecular weight is 323 g/mol. The van der Waals surface area contributed by atoms with E-state index in [4.69, 9.17) is 16.3 Å². The first kappa shape index (κ1) is 14.8. The number of carbonyl (C=O) groups is 2. The number of ether oxygens (including phenoxy) is 1. The molecule has 0 saturated carbocycles. The largest absolute Gasteiger partial charge is 0.381 e. The summed E-state index contributed by atoms with van der Waals surface area (Å²) in [6, 6.07) is 1.66. The van der Waals surface area contributed by atoms with Crippen molar-refractivity contribution in [3.63, 3.8) is 0 Å². The quantitative estimate of drug-likeness (QED) is 0.611. The summed E-state index contributed by atoms with van der Waals surface area (Å²) in [5.74, 6) is -0.875. The van der Waals surface area contributed by atoms with Crippen LogP contribution in [0.5, 0.6) is 0 Å². The lowest BCUT2D eigenvalue weighted by molar-refractivity contribution is -0.125. The van der Waals surface area contributed by atoms with Crippen LogP contribution < -0.4 is 21.4 Å². The van der Waals surface area contributed by atoms with Crippen LogP contribution in [-0.2, 0) is 9.53 Å². The lowest BCUT2D eigenvalue weighted by Crippen LogP contribution is -2.44. The zero-order chi connectivity index (χ0) is 15.5. The molecule has 1 fully saturated rings. The van der Waals surface area contributed by atoms with E-state index in [-0.39, 0.29) is 11.8 Å². The lowest BCUT2D eigenvalue weighted by atomic mass is 10.1. The summed E-state index contributed by atoms with van der Waals surface area (Å²) in [7, 11) is 0. The molecule has 116 valence electrons. The van der Waals surface area contributed by atoms with Gasteiger partial charge in [0.1, 0.15) is 10.9 Å². The summed E-state index contributed by atoms with van der Waals surface area (Å²) in [6.45, 7) is 1.41. The van der Waals surface area contributed by atoms with Crippen molar-refractivity contribution >= 4 is 40.7 Å². The molecule has 1 atom stereocenters. The van der Waals surface area contributed by atoms with E-state index in [2.05, 4.69) is 20.8 Å². The molecule has 1 aromatic rings. The fourth-order valence-electron chi connectivity index (χ4n) is 2.32. The van der Waals surface area contributed by atoms with Crippen LogP contribution in [0.2, 0.25) is 0 Å². The van der Waals surface area contributed by atoms with Crippen molar-refractivity contribution in [1.82, 2.24) is 15.8 Å². The number of hydrogen-bond donors (Lipinski definition) is 3. The van der Waals surface area contributed by atoms with Crippen LogP contribution in [0.25, 0.3) is 12.2 Å². The van der Waals surface area contributed by atoms with Crippen LogP contribution in [-0.4, -0.2) is 41.7 Å². The number of H-pyrrole nitrogens is 1. The smallest absolute Gasteiger partial charge is 0.286 e. The Morgan fingerprint density at radius 2 is 2.27 bits per heavy atom. The van der Waals surface area contributed by atoms with E-state index in [1.165, 1.54) is 0 Å². The molecule has 0 spiro atoms. The Morgan fingerprint density at radius 1 is 1.41 bits per heavy atom. The van der Waals surface area contributed by atoms with E-state index < -0.39 is 5.91 Å². The summed E-state index contributed by atoms with van der Waals surface area (Å²) in [5, 5.41) is 1.95. The fourth-order valence-corrected chi connectivity index (χ4v) is 2.51. The van der Waals surface area contributed by atoms with Gasteiger partial charge in [0, 0.05) is 17.2 Å². The molecule has 0 radical (unpaired) electrons. The highest BCUT2D eigenvalue weighted by atomic mass is 35.5. The summed E-state index contributed by atoms with van der Waals surface area (Å²) in [6.07, 6.45) is 4.19. The van der Waals surface area contributed by atoms with Gasteiger partial charge in [0.15, 0.2) is 0 Å². The van der Waals surface area contributed by atoms with Crippen molar-refractivity contribution in [2.75, 3.05) is 19.8 Å². The highest BCUT2D eigenvalue weighted by Crippen LogP contribution is 2.11. The number of nitrogens with zero attached hydrogens (tertiary/aromatic N) is 1. The third-order valence-corrected chi connectivity index (χ3v) is 3.77. The third-order valence-electron chi connectivity index (χ3n) is 3.54. The predicted octanol–water partition coefficient (Wildman–Crippen LogP) is -0.976. The Hall–Kier alpha value is -2.12. The minimum atomic E-state index is -0.421. The molecule has 7 nitrogen and oxygen atoms in total. The zero-order valence-corrected chi connectivity index (χ0v) is 12.4. The summed E-state index contributed by atoms with van der Waals surface area (Å²) in [5.41, 5.74) is 5.15. The van der Waals surface area contributed by atoms with Crippen LogP contribution in [0.15, 0.2) is 11.1 Å². The highest BCUT2D eigenvalue weighted by molar-refractivity contribution is 6.72. The second-order valence-electron chi connectivity index (χ2n) is 5.07. The number of nitrogens with one attached hydrogen (secondary N) is 3. The third kappa shape index (κ3) is 3.20. The molecule has 0 bridgehead atoms. The highest BCUT2D eigenvalue weighted by Gasteiger charge is 2.23. The molecule has 2 amide bonds. The zero-order valence-electron chi connectivity index (χ0n) is 11.7. The number of rotatable bonds is 2. The molecule has 3 N–H and O–H groups in total. The van der Waals surface area contributed by atoms with E-state index in [0.717, 1.165) is 10.6 Å². The Balaban J connectivity index is 1.67. The molecule has 2 aliphatic heterocycles. The molecule has 0 aromatic carbocycles. The number of carbonyl (C=O) groups excluding carboxylic acids is 2. The molecule has 1 aromatic heterocycles. The first-order valence-electron chi connectivity index (χ1n) is 6.92. The number of aromatic amines is 1. The Labute approximate surface area is 131 Å². The predicted molar refractivity (Wildman–Crippen MR) is 81.7 cm³/mol. The molecule has 1 unspecified atom stereocenters. The average Bonchev–Trinajstić information content (AvgIpc) is 3.12. The second-order valence-corrected chi connectivity index (χ2v) is 5.46. The Morgan fingerprint density at radius 3 is 3.05 bits per heavy atom. The SMILES string of the molecule is O=C(NNC(=O)C1CCOC1)c1cc2c([nH]1)=CCN=C(Cl)C=2.